The molecule has 0 aliphatic carbocycles. The summed E-state index contributed by atoms with van der Waals surface area (Å²) in [6, 6.07) is -35.7. The lowest BCUT2D eigenvalue weighted by atomic mass is 10.1. The van der Waals surface area contributed by atoms with Gasteiger partial charge >= 0.3 is 0 Å². The third-order valence-electron chi connectivity index (χ3n) is 9.91. The van der Waals surface area contributed by atoms with Crippen LogP contribution in [0.4, 0.5) is 0 Å². The van der Waals surface area contributed by atoms with Gasteiger partial charge in [-0.2, -0.15) is 0 Å². The molecule has 0 saturated carbocycles. The highest BCUT2D eigenvalue weighted by molar-refractivity contribution is 6.13. The summed E-state index contributed by atoms with van der Waals surface area (Å²) in [5, 5.41) is -3.80. The summed E-state index contributed by atoms with van der Waals surface area (Å²) in [5.74, 6) is -3.09. The first-order chi connectivity index (χ1) is 46.2. The number of benzene rings is 9. The lowest BCUT2D eigenvalue weighted by Gasteiger charge is -2.12. The average Bonchev–Trinajstić information content (AvgIpc) is 1.54. The molecule has 6 heteroatoms. The SMILES string of the molecule is [2H]c1c([2H])c([2H])c(-c2nc(-c3c([2H])c([2H])c([2H])c(-n4c5c([2H])c([2H])c([2H])c([2H])c5c5c([2H])c(-n6c7c([2H])c([2H])c([2H])c([2H])c7c7c([2H])c([2H])c([2H])c([2H])c76)c([2H])c([2H])c54)c3[2H])nc(-c3c([2H])c([2H])c4c(c3[2H])c3c([2H])c([2H])c([2H])c([2H])c3n4-c3c([2H])c([2H])c([2H])c([2H])c3[2H])n2)c([2H])c1[2H]. The van der Waals surface area contributed by atoms with Crippen LogP contribution in [0.2, 0.25) is 0 Å². The Hall–Kier alpha value is -8.61. The minimum atomic E-state index is -1.21. The van der Waals surface area contributed by atoms with Crippen LogP contribution in [-0.2, 0) is 0 Å². The van der Waals surface area contributed by atoms with Gasteiger partial charge in [0.05, 0.1) is 82.4 Å². The second-order valence-corrected chi connectivity index (χ2v) is 13.3. The van der Waals surface area contributed by atoms with Gasteiger partial charge < -0.3 is 13.7 Å². The molecule has 0 atom stereocenters. The van der Waals surface area contributed by atoms with E-state index in [4.69, 9.17) is 31.5 Å². The fourth-order valence-electron chi connectivity index (χ4n) is 7.32. The number of para-hydroxylation sites is 5. The van der Waals surface area contributed by atoms with Crippen LogP contribution in [0.5, 0.6) is 0 Å². The molecule has 0 aliphatic rings. The molecule has 0 aliphatic heterocycles. The van der Waals surface area contributed by atoms with Gasteiger partial charge in [0.15, 0.2) is 17.5 Å². The summed E-state index contributed by atoms with van der Waals surface area (Å²) in [4.78, 5) is 13.2. The smallest absolute Gasteiger partial charge is 0.164 e. The average molecular weight is 841 g/mol. The van der Waals surface area contributed by atoms with Gasteiger partial charge in [-0.15, -0.1) is 0 Å². The van der Waals surface area contributed by atoms with E-state index in [1.807, 2.05) is 0 Å². The van der Waals surface area contributed by atoms with E-state index >= 15 is 0 Å². The van der Waals surface area contributed by atoms with E-state index in [9.17, 15) is 17.8 Å². The van der Waals surface area contributed by atoms with Gasteiger partial charge in [-0.1, -0.05) is 133 Å². The number of nitrogens with zero attached hydrogens (tertiary/aromatic N) is 6. The summed E-state index contributed by atoms with van der Waals surface area (Å²) >= 11 is 0. The maximum atomic E-state index is 10.1. The van der Waals surface area contributed by atoms with Crippen molar-refractivity contribution in [2.24, 2.45) is 0 Å². The van der Waals surface area contributed by atoms with E-state index < -0.39 is 334 Å². The predicted octanol–water partition coefficient (Wildman–Crippen LogP) is 14.2. The Morgan fingerprint density at radius 1 is 0.254 bits per heavy atom. The van der Waals surface area contributed by atoms with Crippen molar-refractivity contribution in [3.63, 3.8) is 0 Å². The Bertz CT molecular complexity index is 5940. The van der Waals surface area contributed by atoms with Crippen LogP contribution in [0.1, 0.15) is 49.3 Å². The van der Waals surface area contributed by atoms with E-state index in [1.165, 1.54) is 0 Å². The first-order valence-electron chi connectivity index (χ1n) is 36.4. The molecule has 0 amide bonds. The normalized spacial score (nSPS) is 19.8. The van der Waals surface area contributed by atoms with Crippen molar-refractivity contribution in [1.29, 1.82) is 0 Å². The van der Waals surface area contributed by atoms with E-state index in [2.05, 4.69) is 15.0 Å². The molecule has 13 rings (SSSR count). The standard InChI is InChI=1S/C57H36N6/c1-3-16-37(17-4-1)55-58-56(60-57(59-55)39-30-32-53-47(35-39)45-24-9-13-28-51(45)61(53)40-19-5-2-6-20-40)38-18-15-21-41(34-38)62-52-29-14-10-25-46(52)48-36-42(31-33-54(48)62)63-49-26-11-7-22-43(49)44-23-8-12-27-50(44)63/h1-36H/i1D,2D,3D,4D,5D,6D,7D,8D,9D,10D,11D,12D,13D,14D,15D,16D,17D,18D,19D,20D,21D,22D,23D,24D,25D,26D,27D,28D,29D,30D,31D,32D,33D,34D,35D,36D. The molecule has 0 spiro atoms. The van der Waals surface area contributed by atoms with E-state index in [-0.39, 0.29) is 0 Å². The van der Waals surface area contributed by atoms with Crippen molar-refractivity contribution in [1.82, 2.24) is 28.7 Å². The first-order valence-corrected chi connectivity index (χ1v) is 18.4. The molecular weight excluding hydrogens is 769 g/mol. The highest BCUT2D eigenvalue weighted by Crippen LogP contribution is 2.39. The van der Waals surface area contributed by atoms with Crippen molar-refractivity contribution in [3.05, 3.63) is 218 Å². The summed E-state index contributed by atoms with van der Waals surface area (Å²) in [5.41, 5.74) is -9.75. The van der Waals surface area contributed by atoms with Crippen LogP contribution in [0, 0.1) is 0 Å². The van der Waals surface area contributed by atoms with Gasteiger partial charge in [-0.25, -0.2) is 15.0 Å². The molecule has 13 aromatic rings. The number of aromatic nitrogens is 6. The maximum Gasteiger partial charge on any atom is 0.164 e. The summed E-state index contributed by atoms with van der Waals surface area (Å²) in [6.07, 6.45) is 0. The first kappa shape index (κ1) is 14.8. The van der Waals surface area contributed by atoms with Gasteiger partial charge in [-0.05, 0) is 84.6 Å². The molecule has 6 nitrogen and oxygen atoms in total. The van der Waals surface area contributed by atoms with Gasteiger partial charge in [0.25, 0.3) is 0 Å². The van der Waals surface area contributed by atoms with Crippen LogP contribution in [-0.4, -0.2) is 28.7 Å². The number of rotatable bonds is 6. The molecule has 0 unspecified atom stereocenters. The Balaban J connectivity index is 1.19. The molecular formula is C57H36N6. The predicted molar refractivity (Wildman–Crippen MR) is 259 cm³/mol. The van der Waals surface area contributed by atoms with E-state index in [0.29, 0.717) is 9.13 Å². The van der Waals surface area contributed by atoms with Crippen LogP contribution in [0.3, 0.4) is 0 Å². The molecule has 294 valence electrons. The number of hydrogen-bond donors (Lipinski definition) is 0. The molecule has 0 radical (unpaired) electrons. The quantitative estimate of drug-likeness (QED) is 0.168. The topological polar surface area (TPSA) is 53.5 Å². The number of hydrogen-bond acceptors (Lipinski definition) is 3. The lowest BCUT2D eigenvalue weighted by Crippen LogP contribution is -2.01. The lowest BCUT2D eigenvalue weighted by molar-refractivity contribution is 1.07. The zero-order valence-electron chi connectivity index (χ0n) is 67.2. The van der Waals surface area contributed by atoms with Crippen molar-refractivity contribution in [2.45, 2.75) is 0 Å². The van der Waals surface area contributed by atoms with Gasteiger partial charge in [-0.3, -0.25) is 0 Å². The monoisotopic (exact) mass is 841 g/mol. The van der Waals surface area contributed by atoms with Crippen LogP contribution in [0.15, 0.2) is 218 Å². The molecule has 4 heterocycles. The van der Waals surface area contributed by atoms with Crippen LogP contribution < -0.4 is 0 Å². The number of fused-ring (bicyclic) bond motifs is 9. The van der Waals surface area contributed by atoms with Gasteiger partial charge in [0.2, 0.25) is 0 Å². The van der Waals surface area contributed by atoms with Gasteiger partial charge in [0, 0.05) is 66.1 Å². The summed E-state index contributed by atoms with van der Waals surface area (Å²) in [7, 11) is 0. The van der Waals surface area contributed by atoms with E-state index in [0.717, 1.165) is 4.57 Å². The highest BCUT2D eigenvalue weighted by Gasteiger charge is 2.19. The zero-order valence-corrected chi connectivity index (χ0v) is 31.2. The van der Waals surface area contributed by atoms with Crippen molar-refractivity contribution >= 4 is 65.4 Å². The zero-order chi connectivity index (χ0) is 72.8. The second-order valence-electron chi connectivity index (χ2n) is 13.3. The van der Waals surface area contributed by atoms with Crippen molar-refractivity contribution in [2.75, 3.05) is 0 Å². The third kappa shape index (κ3) is 5.55. The Morgan fingerprint density at radius 3 is 1.19 bits per heavy atom. The molecule has 4 aromatic heterocycles. The summed E-state index contributed by atoms with van der Waals surface area (Å²) < 4.78 is 329. The minimum absolute atomic E-state index is 0.521. The Kier molecular flexibility index (Phi) is 3.28. The molecule has 9 aromatic carbocycles. The summed E-state index contributed by atoms with van der Waals surface area (Å²) in [6.45, 7) is 0. The molecule has 0 saturated heterocycles. The maximum absolute atomic E-state index is 10.1. The van der Waals surface area contributed by atoms with Crippen LogP contribution in [0.25, 0.3) is 117 Å². The van der Waals surface area contributed by atoms with E-state index in [1.54, 1.807) is 0 Å². The minimum Gasteiger partial charge on any atom is -0.309 e. The fraction of sp³-hybridized carbons (Fsp3) is 0. The molecule has 0 bridgehead atoms. The van der Waals surface area contributed by atoms with Crippen molar-refractivity contribution in [3.8, 4) is 51.2 Å². The fourth-order valence-corrected chi connectivity index (χ4v) is 7.32. The molecule has 63 heavy (non-hydrogen) atoms. The highest BCUT2D eigenvalue weighted by atomic mass is 15.0. The molecule has 0 fully saturated rings. The third-order valence-corrected chi connectivity index (χ3v) is 9.91. The van der Waals surface area contributed by atoms with Crippen molar-refractivity contribution < 1.29 is 49.3 Å². The Morgan fingerprint density at radius 2 is 0.619 bits per heavy atom. The Labute approximate surface area is 412 Å². The largest absolute Gasteiger partial charge is 0.309 e. The second kappa shape index (κ2) is 14.0. The molecule has 0 N–H and O–H groups in total. The van der Waals surface area contributed by atoms with Crippen LogP contribution >= 0.6 is 0 Å². The van der Waals surface area contributed by atoms with Gasteiger partial charge in [0.1, 0.15) is 0 Å².